The largest absolute Gasteiger partial charge is 0.486 e. The van der Waals surface area contributed by atoms with E-state index in [0.717, 1.165) is 11.5 Å². The Morgan fingerprint density at radius 2 is 2.19 bits per heavy atom. The van der Waals surface area contributed by atoms with E-state index in [4.69, 9.17) is 14.6 Å². The summed E-state index contributed by atoms with van der Waals surface area (Å²) in [5.41, 5.74) is 0. The highest BCUT2D eigenvalue weighted by Gasteiger charge is 2.27. The number of hydrogen-bond donors (Lipinski definition) is 2. The molecule has 2 atom stereocenters. The van der Waals surface area contributed by atoms with Gasteiger partial charge in [-0.05, 0) is 25.6 Å². The zero-order valence-corrected chi connectivity index (χ0v) is 9.35. The first-order chi connectivity index (χ1) is 7.85. The van der Waals surface area contributed by atoms with Crippen LogP contribution in [0, 0.1) is 0 Å². The number of likely N-dealkylation sites (N-methyl/N-ethyl adjacent to an activating group) is 1. The van der Waals surface area contributed by atoms with Crippen LogP contribution in [0.4, 0.5) is 0 Å². The number of hydrogen-bond acceptors (Lipinski definition) is 4. The van der Waals surface area contributed by atoms with Crippen molar-refractivity contribution < 1.29 is 14.6 Å². The second kappa shape index (κ2) is 5.18. The monoisotopic (exact) mass is 223 g/mol. The molecule has 0 saturated heterocycles. The van der Waals surface area contributed by atoms with E-state index in [1.807, 2.05) is 31.3 Å². The van der Waals surface area contributed by atoms with Crippen molar-refractivity contribution in [3.8, 4) is 11.5 Å². The Hall–Kier alpha value is -1.26. The van der Waals surface area contributed by atoms with Crippen molar-refractivity contribution in [3.05, 3.63) is 24.3 Å². The van der Waals surface area contributed by atoms with Crippen molar-refractivity contribution in [2.24, 2.45) is 0 Å². The zero-order valence-electron chi connectivity index (χ0n) is 9.35. The third kappa shape index (κ3) is 2.28. The molecule has 1 aromatic carbocycles. The van der Waals surface area contributed by atoms with E-state index in [2.05, 4.69) is 5.32 Å². The Morgan fingerprint density at radius 1 is 1.44 bits per heavy atom. The SMILES string of the molecule is CN[C@H](CCO)[C@H]1COc2ccccc2O1. The highest BCUT2D eigenvalue weighted by molar-refractivity contribution is 5.40. The van der Waals surface area contributed by atoms with Gasteiger partial charge in [0.2, 0.25) is 0 Å². The van der Waals surface area contributed by atoms with Crippen LogP contribution in [0.3, 0.4) is 0 Å². The van der Waals surface area contributed by atoms with Crippen LogP contribution < -0.4 is 14.8 Å². The van der Waals surface area contributed by atoms with Gasteiger partial charge in [0.15, 0.2) is 11.5 Å². The fourth-order valence-corrected chi connectivity index (χ4v) is 1.89. The molecule has 1 heterocycles. The van der Waals surface area contributed by atoms with Gasteiger partial charge in [-0.2, -0.15) is 0 Å². The standard InChI is InChI=1S/C12H17NO3/c1-13-9(6-7-14)12-8-15-10-4-2-3-5-11(10)16-12/h2-5,9,12-14H,6-8H2,1H3/t9-,12-/m1/s1. The summed E-state index contributed by atoms with van der Waals surface area (Å²) >= 11 is 0. The predicted octanol–water partition coefficient (Wildman–Crippen LogP) is 0.797. The normalized spacial score (nSPS) is 20.5. The fraction of sp³-hybridized carbons (Fsp3) is 0.500. The van der Waals surface area contributed by atoms with Crippen molar-refractivity contribution in [1.29, 1.82) is 0 Å². The minimum Gasteiger partial charge on any atom is -0.486 e. The summed E-state index contributed by atoms with van der Waals surface area (Å²) in [6.07, 6.45) is 0.610. The summed E-state index contributed by atoms with van der Waals surface area (Å²) in [5.74, 6) is 1.56. The van der Waals surface area contributed by atoms with E-state index >= 15 is 0 Å². The molecule has 4 nitrogen and oxygen atoms in total. The molecule has 0 aromatic heterocycles. The van der Waals surface area contributed by atoms with Crippen LogP contribution in [0.25, 0.3) is 0 Å². The molecule has 2 N–H and O–H groups in total. The van der Waals surface area contributed by atoms with Gasteiger partial charge in [0.1, 0.15) is 12.7 Å². The lowest BCUT2D eigenvalue weighted by Crippen LogP contribution is -2.46. The summed E-state index contributed by atoms with van der Waals surface area (Å²) < 4.78 is 11.5. The molecular formula is C12H17NO3. The molecular weight excluding hydrogens is 206 g/mol. The molecule has 88 valence electrons. The molecule has 0 aliphatic carbocycles. The second-order valence-corrected chi connectivity index (χ2v) is 3.82. The molecule has 1 aromatic rings. The minimum absolute atomic E-state index is 0.0490. The molecule has 0 amide bonds. The van der Waals surface area contributed by atoms with E-state index in [1.54, 1.807) is 0 Å². The third-order valence-electron chi connectivity index (χ3n) is 2.79. The highest BCUT2D eigenvalue weighted by Crippen LogP contribution is 2.31. The zero-order chi connectivity index (χ0) is 11.4. The van der Waals surface area contributed by atoms with E-state index in [-0.39, 0.29) is 18.8 Å². The maximum absolute atomic E-state index is 8.96. The van der Waals surface area contributed by atoms with E-state index in [9.17, 15) is 0 Å². The third-order valence-corrected chi connectivity index (χ3v) is 2.79. The van der Waals surface area contributed by atoms with Crippen LogP contribution in [-0.4, -0.2) is 37.5 Å². The topological polar surface area (TPSA) is 50.7 Å². The lowest BCUT2D eigenvalue weighted by atomic mass is 10.1. The average Bonchev–Trinajstić information content (AvgIpc) is 2.35. The Morgan fingerprint density at radius 3 is 2.88 bits per heavy atom. The van der Waals surface area contributed by atoms with Crippen molar-refractivity contribution in [2.75, 3.05) is 20.3 Å². The summed E-state index contributed by atoms with van der Waals surface area (Å²) in [4.78, 5) is 0. The van der Waals surface area contributed by atoms with Gasteiger partial charge in [-0.25, -0.2) is 0 Å². The first-order valence-electron chi connectivity index (χ1n) is 5.51. The molecule has 0 saturated carbocycles. The molecule has 2 rings (SSSR count). The van der Waals surface area contributed by atoms with E-state index in [1.165, 1.54) is 0 Å². The summed E-state index contributed by atoms with van der Waals surface area (Å²) in [6.45, 7) is 0.662. The van der Waals surface area contributed by atoms with Crippen LogP contribution in [-0.2, 0) is 0 Å². The Balaban J connectivity index is 2.06. The number of rotatable bonds is 4. The number of aliphatic hydroxyl groups is 1. The van der Waals surface area contributed by atoms with E-state index < -0.39 is 0 Å². The highest BCUT2D eigenvalue weighted by atomic mass is 16.6. The van der Waals surface area contributed by atoms with Gasteiger partial charge in [0.05, 0.1) is 0 Å². The minimum atomic E-state index is -0.0490. The first-order valence-corrected chi connectivity index (χ1v) is 5.51. The molecule has 0 unspecified atom stereocenters. The molecule has 1 aliphatic rings. The number of benzene rings is 1. The smallest absolute Gasteiger partial charge is 0.161 e. The van der Waals surface area contributed by atoms with E-state index in [0.29, 0.717) is 13.0 Å². The second-order valence-electron chi connectivity index (χ2n) is 3.82. The molecule has 0 bridgehead atoms. The number of para-hydroxylation sites is 2. The van der Waals surface area contributed by atoms with Crippen LogP contribution in [0.5, 0.6) is 11.5 Å². The average molecular weight is 223 g/mol. The van der Waals surface area contributed by atoms with Crippen molar-refractivity contribution in [1.82, 2.24) is 5.32 Å². The molecule has 1 aliphatic heterocycles. The Labute approximate surface area is 95.2 Å². The van der Waals surface area contributed by atoms with Gasteiger partial charge in [-0.15, -0.1) is 0 Å². The van der Waals surface area contributed by atoms with Crippen LogP contribution in [0.15, 0.2) is 24.3 Å². The van der Waals surface area contributed by atoms with Gasteiger partial charge >= 0.3 is 0 Å². The lowest BCUT2D eigenvalue weighted by Gasteiger charge is -2.31. The molecule has 4 heteroatoms. The summed E-state index contributed by atoms with van der Waals surface area (Å²) in [7, 11) is 1.87. The molecule has 0 fully saturated rings. The summed E-state index contributed by atoms with van der Waals surface area (Å²) in [6, 6.07) is 7.74. The number of nitrogens with one attached hydrogen (secondary N) is 1. The summed E-state index contributed by atoms with van der Waals surface area (Å²) in [5, 5.41) is 12.1. The molecule has 16 heavy (non-hydrogen) atoms. The van der Waals surface area contributed by atoms with Crippen LogP contribution in [0.2, 0.25) is 0 Å². The van der Waals surface area contributed by atoms with Gasteiger partial charge in [-0.1, -0.05) is 12.1 Å². The maximum Gasteiger partial charge on any atom is 0.161 e. The molecule has 0 radical (unpaired) electrons. The number of aliphatic hydroxyl groups excluding tert-OH is 1. The van der Waals surface area contributed by atoms with Gasteiger partial charge in [0.25, 0.3) is 0 Å². The quantitative estimate of drug-likeness (QED) is 0.792. The van der Waals surface area contributed by atoms with Crippen molar-refractivity contribution >= 4 is 0 Å². The van der Waals surface area contributed by atoms with Crippen molar-refractivity contribution in [2.45, 2.75) is 18.6 Å². The van der Waals surface area contributed by atoms with Gasteiger partial charge in [0, 0.05) is 12.6 Å². The van der Waals surface area contributed by atoms with Gasteiger partial charge < -0.3 is 19.9 Å². The van der Waals surface area contributed by atoms with Crippen molar-refractivity contribution in [3.63, 3.8) is 0 Å². The van der Waals surface area contributed by atoms with Crippen LogP contribution >= 0.6 is 0 Å². The first kappa shape index (κ1) is 11.2. The Kier molecular flexibility index (Phi) is 3.64. The lowest BCUT2D eigenvalue weighted by molar-refractivity contribution is 0.0562. The van der Waals surface area contributed by atoms with Crippen LogP contribution in [0.1, 0.15) is 6.42 Å². The predicted molar refractivity (Wildman–Crippen MR) is 60.9 cm³/mol. The molecule has 0 spiro atoms. The maximum atomic E-state index is 8.96. The number of ether oxygens (including phenoxy) is 2. The fourth-order valence-electron chi connectivity index (χ4n) is 1.89. The Bertz CT molecular complexity index is 343. The number of fused-ring (bicyclic) bond motifs is 1. The van der Waals surface area contributed by atoms with Gasteiger partial charge in [-0.3, -0.25) is 0 Å².